The van der Waals surface area contributed by atoms with Crippen LogP contribution < -0.4 is 0 Å². The second-order valence-electron chi connectivity index (χ2n) is 7.95. The number of aryl methyl sites for hydroxylation is 1. The van der Waals surface area contributed by atoms with Gasteiger partial charge in [-0.2, -0.15) is 0 Å². The number of Topliss-reactive ketones (excluding diaryl/α,β-unsaturated/α-hetero) is 1. The molecule has 164 valence electrons. The Morgan fingerprint density at radius 3 is 2.48 bits per heavy atom. The number of hydrogen-bond acceptors (Lipinski definition) is 5. The summed E-state index contributed by atoms with van der Waals surface area (Å²) in [7, 11) is 0. The molecule has 1 aliphatic heterocycles. The molecule has 0 radical (unpaired) electrons. The molecule has 0 spiro atoms. The molecule has 0 N–H and O–H groups in total. The Morgan fingerprint density at radius 1 is 1.03 bits per heavy atom. The minimum Gasteiger partial charge on any atom is -0.341 e. The molecule has 0 aliphatic carbocycles. The second kappa shape index (κ2) is 8.37. The van der Waals surface area contributed by atoms with E-state index in [4.69, 9.17) is 4.84 Å². The summed E-state index contributed by atoms with van der Waals surface area (Å²) in [4.78, 5) is 30.5. The van der Waals surface area contributed by atoms with Gasteiger partial charge in [0, 0.05) is 45.7 Å². The van der Waals surface area contributed by atoms with E-state index in [1.54, 1.807) is 0 Å². The fourth-order valence-electron chi connectivity index (χ4n) is 4.25. The third-order valence-corrected chi connectivity index (χ3v) is 6.91. The van der Waals surface area contributed by atoms with Gasteiger partial charge < -0.3 is 9.40 Å². The van der Waals surface area contributed by atoms with Crippen molar-refractivity contribution in [1.29, 1.82) is 0 Å². The first kappa shape index (κ1) is 21.2. The van der Waals surface area contributed by atoms with Crippen LogP contribution in [0.1, 0.15) is 42.3 Å². The number of ketones is 1. The molecule has 2 heterocycles. The van der Waals surface area contributed by atoms with E-state index in [0.717, 1.165) is 54.8 Å². The number of fused-ring (bicyclic) bond motifs is 4. The molecule has 0 saturated carbocycles. The van der Waals surface area contributed by atoms with E-state index in [9.17, 15) is 9.59 Å². The van der Waals surface area contributed by atoms with Crippen LogP contribution in [-0.2, 0) is 16.2 Å². The molecule has 3 aromatic carbocycles. The lowest BCUT2D eigenvalue weighted by molar-refractivity contribution is -0.140. The molecule has 4 aromatic rings. The summed E-state index contributed by atoms with van der Waals surface area (Å²) in [5.74, 6) is -0.372. The van der Waals surface area contributed by atoms with Gasteiger partial charge in [-0.1, -0.05) is 41.2 Å². The maximum atomic E-state index is 12.8. The van der Waals surface area contributed by atoms with Gasteiger partial charge in [0.05, 0.1) is 10.6 Å². The zero-order chi connectivity index (χ0) is 23.1. The topological polar surface area (TPSA) is 60.7 Å². The number of benzene rings is 3. The van der Waals surface area contributed by atoms with Gasteiger partial charge in [0.15, 0.2) is 0 Å². The van der Waals surface area contributed by atoms with Gasteiger partial charge in [0.1, 0.15) is 0 Å². The van der Waals surface area contributed by atoms with Crippen LogP contribution in [0.2, 0.25) is 0 Å². The van der Waals surface area contributed by atoms with Crippen molar-refractivity contribution < 1.29 is 14.4 Å². The number of carbonyl (C=O) groups is 2. The predicted molar refractivity (Wildman–Crippen MR) is 134 cm³/mol. The average molecular weight is 455 g/mol. The fourth-order valence-corrected chi connectivity index (χ4v) is 5.30. The third-order valence-electron chi connectivity index (χ3n) is 5.81. The van der Waals surface area contributed by atoms with Crippen molar-refractivity contribution >= 4 is 57.1 Å². The van der Waals surface area contributed by atoms with E-state index in [-0.39, 0.29) is 5.78 Å². The molecule has 5 nitrogen and oxygen atoms in total. The van der Waals surface area contributed by atoms with Crippen molar-refractivity contribution in [2.45, 2.75) is 32.2 Å². The highest BCUT2D eigenvalue weighted by Gasteiger charge is 2.25. The van der Waals surface area contributed by atoms with E-state index < -0.39 is 5.97 Å². The first-order chi connectivity index (χ1) is 16.0. The number of rotatable bonds is 4. The quantitative estimate of drug-likeness (QED) is 0.154. The average Bonchev–Trinajstić information content (AvgIpc) is 3.31. The van der Waals surface area contributed by atoms with Crippen LogP contribution >= 0.6 is 11.8 Å². The number of carbonyl (C=O) groups excluding carboxylic acids is 2. The lowest BCUT2D eigenvalue weighted by atomic mass is 10.0. The van der Waals surface area contributed by atoms with Crippen LogP contribution in [0.3, 0.4) is 0 Å². The van der Waals surface area contributed by atoms with Gasteiger partial charge in [0.25, 0.3) is 0 Å². The van der Waals surface area contributed by atoms with Crippen molar-refractivity contribution in [3.8, 4) is 0 Å². The molecule has 1 aromatic heterocycles. The van der Waals surface area contributed by atoms with Crippen LogP contribution in [0.5, 0.6) is 0 Å². The van der Waals surface area contributed by atoms with E-state index >= 15 is 0 Å². The van der Waals surface area contributed by atoms with Crippen LogP contribution in [0.25, 0.3) is 27.9 Å². The van der Waals surface area contributed by atoms with Crippen molar-refractivity contribution in [2.24, 2.45) is 5.16 Å². The molecule has 6 heteroatoms. The first-order valence-corrected chi connectivity index (χ1v) is 11.6. The molecule has 5 rings (SSSR count). The molecule has 0 amide bonds. The van der Waals surface area contributed by atoms with Gasteiger partial charge in [-0.3, -0.25) is 4.79 Å². The smallest absolute Gasteiger partial charge is 0.331 e. The molecular formula is C27H22N2O3S. The second-order valence-corrected chi connectivity index (χ2v) is 9.03. The Bertz CT molecular complexity index is 1510. The summed E-state index contributed by atoms with van der Waals surface area (Å²) in [6, 6.07) is 20.2. The van der Waals surface area contributed by atoms with Gasteiger partial charge >= 0.3 is 5.97 Å². The van der Waals surface area contributed by atoms with Crippen LogP contribution in [0, 0.1) is 0 Å². The number of thioether (sulfide) groups is 1. The molecule has 0 unspecified atom stereocenters. The van der Waals surface area contributed by atoms with Crippen molar-refractivity contribution in [3.63, 3.8) is 0 Å². The minimum atomic E-state index is -0.447. The standard InChI is InChI=1S/C27H22N2O3S/c1-4-29-23-11-9-18(14-26-27(31)20-7-5-6-8-25(20)33-26)13-21(23)22-15-19(10-12-24(22)29)16(2)28-32-17(3)30/h5-15H,4H2,1-3H3. The Kier molecular flexibility index (Phi) is 5.38. The maximum absolute atomic E-state index is 12.8. The Morgan fingerprint density at radius 2 is 1.76 bits per heavy atom. The first-order valence-electron chi connectivity index (χ1n) is 10.8. The van der Waals surface area contributed by atoms with Gasteiger partial charge in [0.2, 0.25) is 5.78 Å². The largest absolute Gasteiger partial charge is 0.341 e. The molecule has 0 bridgehead atoms. The van der Waals surface area contributed by atoms with Crippen LogP contribution in [0.15, 0.2) is 75.6 Å². The Labute approximate surface area is 195 Å². The monoisotopic (exact) mass is 454 g/mol. The van der Waals surface area contributed by atoms with Crippen LogP contribution in [-0.4, -0.2) is 22.0 Å². The van der Waals surface area contributed by atoms with Gasteiger partial charge in [-0.05, 0) is 67.4 Å². The maximum Gasteiger partial charge on any atom is 0.331 e. The zero-order valence-corrected chi connectivity index (χ0v) is 19.4. The highest BCUT2D eigenvalue weighted by Crippen LogP contribution is 2.41. The SMILES string of the molecule is CCn1c2ccc(C=C3Sc4ccccc4C3=O)cc2c2cc(C(C)=NOC(C)=O)ccc21. The predicted octanol–water partition coefficient (Wildman–Crippen LogP) is 6.43. The normalized spacial score (nSPS) is 14.9. The summed E-state index contributed by atoms with van der Waals surface area (Å²) < 4.78 is 2.27. The summed E-state index contributed by atoms with van der Waals surface area (Å²) >= 11 is 1.52. The van der Waals surface area contributed by atoms with Crippen LogP contribution in [0.4, 0.5) is 0 Å². The number of oxime groups is 1. The highest BCUT2D eigenvalue weighted by molar-refractivity contribution is 8.04. The van der Waals surface area contributed by atoms with E-state index in [2.05, 4.69) is 47.0 Å². The van der Waals surface area contributed by atoms with Gasteiger partial charge in [-0.15, -0.1) is 0 Å². The summed E-state index contributed by atoms with van der Waals surface area (Å²) in [5.41, 5.74) is 5.53. The molecule has 1 aliphatic rings. The fraction of sp³-hybridized carbons (Fsp3) is 0.148. The number of nitrogens with zero attached hydrogens (tertiary/aromatic N) is 2. The molecule has 0 saturated heterocycles. The summed E-state index contributed by atoms with van der Waals surface area (Å²) in [6.45, 7) is 6.11. The van der Waals surface area contributed by atoms with Crippen molar-refractivity contribution in [2.75, 3.05) is 0 Å². The summed E-state index contributed by atoms with van der Waals surface area (Å²) in [5, 5.41) is 6.13. The van der Waals surface area contributed by atoms with Crippen molar-refractivity contribution in [1.82, 2.24) is 4.57 Å². The van der Waals surface area contributed by atoms with Gasteiger partial charge in [-0.25, -0.2) is 4.79 Å². The number of aromatic nitrogens is 1. The number of allylic oxidation sites excluding steroid dienone is 1. The number of hydrogen-bond donors (Lipinski definition) is 0. The molecule has 0 fully saturated rings. The highest BCUT2D eigenvalue weighted by atomic mass is 32.2. The molecule has 33 heavy (non-hydrogen) atoms. The minimum absolute atomic E-state index is 0.0753. The summed E-state index contributed by atoms with van der Waals surface area (Å²) in [6.07, 6.45) is 1.97. The van der Waals surface area contributed by atoms with Crippen molar-refractivity contribution in [3.05, 3.63) is 82.3 Å². The molecular weight excluding hydrogens is 432 g/mol. The Balaban J connectivity index is 1.61. The van der Waals surface area contributed by atoms with E-state index in [1.165, 1.54) is 18.7 Å². The lowest BCUT2D eigenvalue weighted by Gasteiger charge is -2.04. The zero-order valence-electron chi connectivity index (χ0n) is 18.6. The third kappa shape index (κ3) is 3.76. The lowest BCUT2D eigenvalue weighted by Crippen LogP contribution is -1.99. The molecule has 0 atom stereocenters. The van der Waals surface area contributed by atoms with E-state index in [0.29, 0.717) is 5.71 Å². The van der Waals surface area contributed by atoms with E-state index in [1.807, 2.05) is 43.3 Å². The Hall–Kier alpha value is -3.64.